The minimum absolute atomic E-state index is 0.0147. The molecule has 0 aliphatic heterocycles. The number of rotatable bonds is 5. The van der Waals surface area contributed by atoms with Crippen molar-refractivity contribution >= 4 is 11.6 Å². The molecule has 1 heterocycles. The van der Waals surface area contributed by atoms with E-state index in [1.165, 1.54) is 6.20 Å². The van der Waals surface area contributed by atoms with E-state index in [9.17, 15) is 4.79 Å². The number of benzene rings is 1. The number of pyridine rings is 1. The van der Waals surface area contributed by atoms with E-state index in [4.69, 9.17) is 5.26 Å². The molecule has 0 unspecified atom stereocenters. The molecule has 0 fully saturated rings. The summed E-state index contributed by atoms with van der Waals surface area (Å²) in [6.07, 6.45) is 3.10. The predicted octanol–water partition coefficient (Wildman–Crippen LogP) is 2.83. The SMILES string of the molecule is Cc1ccc(NC(=O)/C(C#N)=C\NCc2ccccn2)c(C)c1. The molecule has 0 atom stereocenters. The zero-order valence-corrected chi connectivity index (χ0v) is 13.1. The molecule has 5 heteroatoms. The van der Waals surface area contributed by atoms with Crippen molar-refractivity contribution in [3.63, 3.8) is 0 Å². The molecule has 0 radical (unpaired) electrons. The molecule has 0 saturated heterocycles. The molecule has 0 aliphatic carbocycles. The number of carbonyl (C=O) groups is 1. The summed E-state index contributed by atoms with van der Waals surface area (Å²) in [5.74, 6) is -0.437. The summed E-state index contributed by atoms with van der Waals surface area (Å²) >= 11 is 0. The van der Waals surface area contributed by atoms with Crippen LogP contribution in [0.2, 0.25) is 0 Å². The first-order valence-corrected chi connectivity index (χ1v) is 7.22. The van der Waals surface area contributed by atoms with Crippen LogP contribution in [0.3, 0.4) is 0 Å². The highest BCUT2D eigenvalue weighted by Crippen LogP contribution is 2.16. The molecule has 1 amide bonds. The molecule has 2 rings (SSSR count). The fourth-order valence-electron chi connectivity index (χ4n) is 2.05. The zero-order chi connectivity index (χ0) is 16.7. The van der Waals surface area contributed by atoms with Crippen LogP contribution in [0.1, 0.15) is 16.8 Å². The minimum Gasteiger partial charge on any atom is -0.384 e. The maximum Gasteiger partial charge on any atom is 0.267 e. The second kappa shape index (κ2) is 7.76. The van der Waals surface area contributed by atoms with Crippen LogP contribution < -0.4 is 10.6 Å². The van der Waals surface area contributed by atoms with Gasteiger partial charge in [0.15, 0.2) is 0 Å². The summed E-state index contributed by atoms with van der Waals surface area (Å²) in [7, 11) is 0. The average Bonchev–Trinajstić information content (AvgIpc) is 2.55. The minimum atomic E-state index is -0.437. The largest absolute Gasteiger partial charge is 0.384 e. The van der Waals surface area contributed by atoms with Gasteiger partial charge in [-0.3, -0.25) is 9.78 Å². The van der Waals surface area contributed by atoms with Gasteiger partial charge in [0.05, 0.1) is 12.2 Å². The predicted molar refractivity (Wildman–Crippen MR) is 89.3 cm³/mol. The molecular formula is C18H18N4O. The molecule has 2 N–H and O–H groups in total. The van der Waals surface area contributed by atoms with Crippen LogP contribution in [0, 0.1) is 25.2 Å². The topological polar surface area (TPSA) is 77.8 Å². The van der Waals surface area contributed by atoms with E-state index in [0.29, 0.717) is 12.2 Å². The first kappa shape index (κ1) is 16.2. The van der Waals surface area contributed by atoms with Gasteiger partial charge in [0.1, 0.15) is 11.6 Å². The van der Waals surface area contributed by atoms with Crippen LogP contribution in [-0.4, -0.2) is 10.9 Å². The van der Waals surface area contributed by atoms with E-state index in [-0.39, 0.29) is 5.57 Å². The van der Waals surface area contributed by atoms with Gasteiger partial charge < -0.3 is 10.6 Å². The molecule has 116 valence electrons. The molecule has 0 aliphatic rings. The maximum absolute atomic E-state index is 12.2. The lowest BCUT2D eigenvalue weighted by molar-refractivity contribution is -0.112. The maximum atomic E-state index is 12.2. The summed E-state index contributed by atoms with van der Waals surface area (Å²) in [5.41, 5.74) is 3.62. The smallest absolute Gasteiger partial charge is 0.267 e. The number of nitriles is 1. The Morgan fingerprint density at radius 1 is 1.30 bits per heavy atom. The normalized spacial score (nSPS) is 10.7. The van der Waals surface area contributed by atoms with E-state index in [1.807, 2.05) is 56.3 Å². The molecule has 0 bridgehead atoms. The van der Waals surface area contributed by atoms with Crippen LogP contribution in [0.5, 0.6) is 0 Å². The van der Waals surface area contributed by atoms with E-state index in [1.54, 1.807) is 6.20 Å². The van der Waals surface area contributed by atoms with Crippen LogP contribution >= 0.6 is 0 Å². The lowest BCUT2D eigenvalue weighted by Crippen LogP contribution is -2.17. The number of nitrogens with zero attached hydrogens (tertiary/aromatic N) is 2. The second-order valence-corrected chi connectivity index (χ2v) is 5.14. The van der Waals surface area contributed by atoms with Crippen LogP contribution in [0.4, 0.5) is 5.69 Å². The van der Waals surface area contributed by atoms with Crippen molar-refractivity contribution in [1.29, 1.82) is 5.26 Å². The number of amides is 1. The van der Waals surface area contributed by atoms with E-state index in [0.717, 1.165) is 16.8 Å². The van der Waals surface area contributed by atoms with E-state index in [2.05, 4.69) is 15.6 Å². The highest BCUT2D eigenvalue weighted by Gasteiger charge is 2.10. The standard InChI is InChI=1S/C18H18N4O/c1-13-6-7-17(14(2)9-13)22-18(23)15(10-19)11-20-12-16-5-3-4-8-21-16/h3-9,11,20H,12H2,1-2H3,(H,22,23)/b15-11-. The van der Waals surface area contributed by atoms with Crippen LogP contribution in [0.15, 0.2) is 54.4 Å². The summed E-state index contributed by atoms with van der Waals surface area (Å²) in [6, 6.07) is 13.2. The van der Waals surface area contributed by atoms with E-state index < -0.39 is 5.91 Å². The van der Waals surface area contributed by atoms with Gasteiger partial charge in [0, 0.05) is 18.1 Å². The van der Waals surface area contributed by atoms with Gasteiger partial charge in [-0.2, -0.15) is 5.26 Å². The van der Waals surface area contributed by atoms with Crippen molar-refractivity contribution < 1.29 is 4.79 Å². The van der Waals surface area contributed by atoms with Crippen molar-refractivity contribution in [3.8, 4) is 6.07 Å². The third-order valence-electron chi connectivity index (χ3n) is 3.25. The van der Waals surface area contributed by atoms with Crippen molar-refractivity contribution in [2.45, 2.75) is 20.4 Å². The molecule has 0 spiro atoms. The summed E-state index contributed by atoms with van der Waals surface area (Å²) in [5, 5.41) is 14.8. The Kier molecular flexibility index (Phi) is 5.48. The highest BCUT2D eigenvalue weighted by molar-refractivity contribution is 6.06. The molecule has 23 heavy (non-hydrogen) atoms. The molecular weight excluding hydrogens is 288 g/mol. The van der Waals surface area contributed by atoms with Crippen molar-refractivity contribution in [1.82, 2.24) is 10.3 Å². The Morgan fingerprint density at radius 2 is 2.13 bits per heavy atom. The quantitative estimate of drug-likeness (QED) is 0.658. The van der Waals surface area contributed by atoms with Crippen molar-refractivity contribution in [2.24, 2.45) is 0 Å². The molecule has 5 nitrogen and oxygen atoms in total. The molecule has 0 saturated carbocycles. The number of hydrogen-bond donors (Lipinski definition) is 2. The van der Waals surface area contributed by atoms with Crippen molar-refractivity contribution in [3.05, 3.63) is 71.2 Å². The summed E-state index contributed by atoms with van der Waals surface area (Å²) < 4.78 is 0. The Balaban J connectivity index is 2.00. The number of aromatic nitrogens is 1. The van der Waals surface area contributed by atoms with Crippen LogP contribution in [-0.2, 0) is 11.3 Å². The van der Waals surface area contributed by atoms with Gasteiger partial charge in [0.25, 0.3) is 5.91 Å². The number of aryl methyl sites for hydroxylation is 2. The third kappa shape index (κ3) is 4.68. The Hall–Kier alpha value is -3.13. The Labute approximate surface area is 135 Å². The first-order chi connectivity index (χ1) is 11.1. The monoisotopic (exact) mass is 306 g/mol. The van der Waals surface area contributed by atoms with Gasteiger partial charge in [-0.25, -0.2) is 0 Å². The fraction of sp³-hybridized carbons (Fsp3) is 0.167. The lowest BCUT2D eigenvalue weighted by atomic mass is 10.1. The summed E-state index contributed by atoms with van der Waals surface area (Å²) in [4.78, 5) is 16.3. The summed E-state index contributed by atoms with van der Waals surface area (Å²) in [6.45, 7) is 4.35. The van der Waals surface area contributed by atoms with Gasteiger partial charge in [-0.1, -0.05) is 23.8 Å². The number of carbonyl (C=O) groups excluding carboxylic acids is 1. The molecule has 1 aromatic carbocycles. The highest BCUT2D eigenvalue weighted by atomic mass is 16.1. The van der Waals surface area contributed by atoms with Gasteiger partial charge in [0.2, 0.25) is 0 Å². The van der Waals surface area contributed by atoms with E-state index >= 15 is 0 Å². The average molecular weight is 306 g/mol. The van der Waals surface area contributed by atoms with Gasteiger partial charge in [-0.15, -0.1) is 0 Å². The fourth-order valence-corrected chi connectivity index (χ4v) is 2.05. The molecule has 1 aromatic heterocycles. The molecule has 2 aromatic rings. The number of hydrogen-bond acceptors (Lipinski definition) is 4. The van der Waals surface area contributed by atoms with Crippen molar-refractivity contribution in [2.75, 3.05) is 5.32 Å². The zero-order valence-electron chi connectivity index (χ0n) is 13.1. The Morgan fingerprint density at radius 3 is 2.78 bits per heavy atom. The Bertz CT molecular complexity index is 760. The lowest BCUT2D eigenvalue weighted by Gasteiger charge is -2.08. The second-order valence-electron chi connectivity index (χ2n) is 5.14. The number of anilines is 1. The number of nitrogens with one attached hydrogen (secondary N) is 2. The van der Waals surface area contributed by atoms with Gasteiger partial charge in [-0.05, 0) is 37.6 Å². The van der Waals surface area contributed by atoms with Gasteiger partial charge >= 0.3 is 0 Å². The first-order valence-electron chi connectivity index (χ1n) is 7.22. The third-order valence-corrected chi connectivity index (χ3v) is 3.25. The van der Waals surface area contributed by atoms with Crippen LogP contribution in [0.25, 0.3) is 0 Å².